The highest BCUT2D eigenvalue weighted by atomic mass is 32.2. The van der Waals surface area contributed by atoms with Gasteiger partial charge in [-0.2, -0.15) is 0 Å². The fraction of sp³-hybridized carbons (Fsp3) is 0.833. The molecular formula is C36H56O24S. The monoisotopic (exact) mass is 904 g/mol. The molecule has 5 fully saturated rings. The van der Waals surface area contributed by atoms with Crippen LogP contribution in [0.5, 0.6) is 0 Å². The maximum Gasteiger partial charge on any atom is 0.187 e. The molecule has 0 aromatic heterocycles. The summed E-state index contributed by atoms with van der Waals surface area (Å²) in [6.45, 7) is -4.50. The zero-order chi connectivity index (χ0) is 44.3. The summed E-state index contributed by atoms with van der Waals surface area (Å²) in [5, 5.41) is 155. The van der Waals surface area contributed by atoms with Crippen molar-refractivity contribution in [3.63, 3.8) is 0 Å². The first kappa shape index (κ1) is 49.1. The Hall–Kier alpha value is -1.39. The first-order valence-electron chi connectivity index (χ1n) is 19.6. The van der Waals surface area contributed by atoms with Gasteiger partial charge in [-0.25, -0.2) is 0 Å². The average molecular weight is 905 g/mol. The molecule has 2 bridgehead atoms. The van der Waals surface area contributed by atoms with Crippen LogP contribution in [0, 0.1) is 0 Å². The van der Waals surface area contributed by atoms with E-state index in [-0.39, 0.29) is 6.61 Å². The molecular weight excluding hydrogens is 848 g/mol. The maximum atomic E-state index is 11.8. The fourth-order valence-electron chi connectivity index (χ4n) is 7.77. The van der Waals surface area contributed by atoms with Gasteiger partial charge in [0.15, 0.2) is 25.2 Å². The van der Waals surface area contributed by atoms with Gasteiger partial charge in [0, 0.05) is 4.90 Å². The van der Waals surface area contributed by atoms with Crippen LogP contribution in [0.25, 0.3) is 0 Å². The number of hydrogen-bond acceptors (Lipinski definition) is 25. The van der Waals surface area contributed by atoms with E-state index in [2.05, 4.69) is 0 Å². The van der Waals surface area contributed by atoms with E-state index in [1.54, 1.807) is 30.3 Å². The van der Waals surface area contributed by atoms with E-state index in [0.29, 0.717) is 4.90 Å². The molecule has 15 N–H and O–H groups in total. The highest BCUT2D eigenvalue weighted by molar-refractivity contribution is 8.00. The molecule has 0 spiro atoms. The normalized spacial score (nSPS) is 45.0. The third-order valence-electron chi connectivity index (χ3n) is 11.2. The van der Waals surface area contributed by atoms with Gasteiger partial charge in [-0.15, -0.1) is 11.8 Å². The van der Waals surface area contributed by atoms with Crippen molar-refractivity contribution in [3.05, 3.63) is 30.3 Å². The van der Waals surface area contributed by atoms with Crippen LogP contribution >= 0.6 is 11.8 Å². The van der Waals surface area contributed by atoms with Crippen molar-refractivity contribution in [2.45, 2.75) is 151 Å². The lowest BCUT2D eigenvalue weighted by molar-refractivity contribution is -0.370. The lowest BCUT2D eigenvalue weighted by Crippen LogP contribution is -2.66. The van der Waals surface area contributed by atoms with Gasteiger partial charge < -0.3 is 119 Å². The number of rotatable bonds is 18. The van der Waals surface area contributed by atoms with E-state index < -0.39 is 179 Å². The van der Waals surface area contributed by atoms with Gasteiger partial charge in [0.25, 0.3) is 0 Å². The number of thioether (sulfide) groups is 1. The van der Waals surface area contributed by atoms with Crippen LogP contribution in [0.3, 0.4) is 0 Å². The molecule has 0 saturated carbocycles. The topological polar surface area (TPSA) is 387 Å². The minimum absolute atomic E-state index is 0.189. The molecule has 1 aromatic carbocycles. The van der Waals surface area contributed by atoms with Gasteiger partial charge in [0.2, 0.25) is 0 Å². The van der Waals surface area contributed by atoms with Crippen LogP contribution in [0.2, 0.25) is 0 Å². The second kappa shape index (κ2) is 21.7. The van der Waals surface area contributed by atoms with Crippen molar-refractivity contribution in [1.82, 2.24) is 0 Å². The Kier molecular flexibility index (Phi) is 17.5. The molecule has 5 saturated heterocycles. The van der Waals surface area contributed by atoms with Crippen molar-refractivity contribution in [3.8, 4) is 0 Å². The molecule has 24 atom stereocenters. The molecule has 0 amide bonds. The molecule has 1 aromatic rings. The standard InChI is InChI=1S/C36H56O24S/c37-6-13(42)19(44)27(14(43)7-38)57-34-24(49)22(47)28(16(9-40)54-34)58-35-25(50)31-29(18(56-35)11-52-31)59-36-26(51)32(61-12-4-2-1-3-5-12)30(17(10-41)55-36)60-33-23(48)21(46)20(45)15(8-39)53-33/h1-5,13-51H,6-11H2/t13-,14+,15+,16+,17+,18+,19+,20+,21-,22+,23+,24+,25+,26-,27+,28+,29+,30+,31+,32-,33+,34+,35+,36+/m0/s1. The van der Waals surface area contributed by atoms with Gasteiger partial charge in [0.1, 0.15) is 116 Å². The van der Waals surface area contributed by atoms with Crippen LogP contribution < -0.4 is 0 Å². The van der Waals surface area contributed by atoms with Crippen molar-refractivity contribution in [2.75, 3.05) is 39.6 Å². The van der Waals surface area contributed by atoms with Crippen molar-refractivity contribution >= 4 is 11.8 Å². The number of benzene rings is 1. The Morgan fingerprint density at radius 1 is 0.557 bits per heavy atom. The zero-order valence-corrected chi connectivity index (χ0v) is 33.1. The summed E-state index contributed by atoms with van der Waals surface area (Å²) in [6.07, 6.45) is -37.4. The molecule has 5 aliphatic heterocycles. The largest absolute Gasteiger partial charge is 0.394 e. The van der Waals surface area contributed by atoms with Gasteiger partial charge in [-0.1, -0.05) is 18.2 Å². The molecule has 5 aliphatic rings. The molecule has 25 heteroatoms. The zero-order valence-electron chi connectivity index (χ0n) is 32.3. The number of fused-ring (bicyclic) bond motifs is 2. The SMILES string of the molecule is OC[C@@H](O)[C@@H](O[C@H]1O[C@H](CO)[C@@H](O[C@H]2O[C@@H]3CO[C@H]([C@H]2O)[C@@H]3O[C@H]2O[C@H](CO)[C@@H](O[C@H]3O[C@H](CO)[C@@H](O)[C@H](O)[C@H]3O)[C@@H](Sc3ccccc3)[C@@H]2O)[C@H](O)[C@H]1O)[C@H](O)[C@@H](O)CO. The molecule has 0 unspecified atom stereocenters. The summed E-state index contributed by atoms with van der Waals surface area (Å²) in [5.41, 5.74) is 0. The smallest absolute Gasteiger partial charge is 0.187 e. The molecule has 0 radical (unpaired) electrons. The first-order valence-corrected chi connectivity index (χ1v) is 20.5. The summed E-state index contributed by atoms with van der Waals surface area (Å²) in [7, 11) is 0. The van der Waals surface area contributed by atoms with Gasteiger partial charge in [-0.3, -0.25) is 0 Å². The molecule has 5 heterocycles. The quantitative estimate of drug-likeness (QED) is 0.0650. The van der Waals surface area contributed by atoms with Crippen molar-refractivity contribution in [1.29, 1.82) is 0 Å². The molecule has 350 valence electrons. The van der Waals surface area contributed by atoms with Crippen LogP contribution in [0.15, 0.2) is 35.2 Å². The highest BCUT2D eigenvalue weighted by Crippen LogP contribution is 2.41. The second-order valence-electron chi connectivity index (χ2n) is 15.2. The van der Waals surface area contributed by atoms with Crippen LogP contribution in [-0.2, 0) is 42.6 Å². The maximum absolute atomic E-state index is 11.8. The minimum atomic E-state index is -2.02. The molecule has 24 nitrogen and oxygen atoms in total. The predicted molar refractivity (Wildman–Crippen MR) is 195 cm³/mol. The lowest BCUT2D eigenvalue weighted by atomic mass is 9.97. The Labute approximate surface area is 351 Å². The summed E-state index contributed by atoms with van der Waals surface area (Å²) in [6, 6.07) is 8.70. The lowest BCUT2D eigenvalue weighted by Gasteiger charge is -2.48. The highest BCUT2D eigenvalue weighted by Gasteiger charge is 2.58. The number of aliphatic hydroxyl groups is 15. The number of ether oxygens (including phenoxy) is 9. The van der Waals surface area contributed by atoms with E-state index in [9.17, 15) is 76.6 Å². The van der Waals surface area contributed by atoms with Crippen LogP contribution in [0.1, 0.15) is 0 Å². The Balaban J connectivity index is 1.14. The van der Waals surface area contributed by atoms with E-state index >= 15 is 0 Å². The van der Waals surface area contributed by atoms with E-state index in [1.165, 1.54) is 0 Å². The third-order valence-corrected chi connectivity index (χ3v) is 12.6. The van der Waals surface area contributed by atoms with E-state index in [4.69, 9.17) is 42.6 Å². The minimum Gasteiger partial charge on any atom is -0.394 e. The average Bonchev–Trinajstić information content (AvgIpc) is 3.58. The summed E-state index contributed by atoms with van der Waals surface area (Å²) in [4.78, 5) is 0.629. The fourth-order valence-corrected chi connectivity index (χ4v) is 9.04. The number of hydrogen-bond donors (Lipinski definition) is 15. The second-order valence-corrected chi connectivity index (χ2v) is 16.5. The Morgan fingerprint density at radius 2 is 1.10 bits per heavy atom. The predicted octanol–water partition coefficient (Wildman–Crippen LogP) is -8.44. The molecule has 0 aliphatic carbocycles. The van der Waals surface area contributed by atoms with Gasteiger partial charge >= 0.3 is 0 Å². The Morgan fingerprint density at radius 3 is 1.74 bits per heavy atom. The summed E-state index contributed by atoms with van der Waals surface area (Å²) >= 11 is 1.09. The van der Waals surface area contributed by atoms with Gasteiger partial charge in [-0.05, 0) is 12.1 Å². The molecule has 6 rings (SSSR count). The summed E-state index contributed by atoms with van der Waals surface area (Å²) in [5.74, 6) is 0. The summed E-state index contributed by atoms with van der Waals surface area (Å²) < 4.78 is 52.3. The third kappa shape index (κ3) is 10.5. The number of aliphatic hydroxyl groups excluding tert-OH is 15. The van der Waals surface area contributed by atoms with Crippen LogP contribution in [0.4, 0.5) is 0 Å². The Bertz CT molecular complexity index is 1470. The van der Waals surface area contributed by atoms with Gasteiger partial charge in [0.05, 0.1) is 44.9 Å². The van der Waals surface area contributed by atoms with E-state index in [0.717, 1.165) is 11.8 Å². The first-order chi connectivity index (χ1) is 29.2. The van der Waals surface area contributed by atoms with Crippen LogP contribution in [-0.4, -0.2) is 263 Å². The van der Waals surface area contributed by atoms with Crippen molar-refractivity contribution < 1.29 is 119 Å². The van der Waals surface area contributed by atoms with Crippen molar-refractivity contribution in [2.24, 2.45) is 0 Å². The molecule has 61 heavy (non-hydrogen) atoms. The van der Waals surface area contributed by atoms with E-state index in [1.807, 2.05) is 0 Å².